The molecule has 0 saturated heterocycles. The van der Waals surface area contributed by atoms with Gasteiger partial charge in [-0.2, -0.15) is 0 Å². The van der Waals surface area contributed by atoms with Gasteiger partial charge >= 0.3 is 17.8 Å². The average molecular weight is 291 g/mol. The van der Waals surface area contributed by atoms with Crippen LogP contribution < -0.4 is 4.90 Å². The van der Waals surface area contributed by atoms with Crippen LogP contribution in [0.25, 0.3) is 0 Å². The van der Waals surface area contributed by atoms with Crippen molar-refractivity contribution in [1.29, 1.82) is 0 Å². The predicted octanol–water partition coefficient (Wildman–Crippen LogP) is 1.07. The highest BCUT2D eigenvalue weighted by Gasteiger charge is 2.38. The maximum atomic E-state index is 12.3. The molecule has 0 aliphatic carbocycles. The molecule has 1 aliphatic rings. The van der Waals surface area contributed by atoms with Crippen LogP contribution in [0.2, 0.25) is 0 Å². The zero-order valence-electron chi connectivity index (χ0n) is 12.0. The fourth-order valence-corrected chi connectivity index (χ4v) is 2.47. The number of amides is 1. The molecule has 0 aromatic heterocycles. The molecule has 0 radical (unpaired) electrons. The van der Waals surface area contributed by atoms with Gasteiger partial charge in [-0.25, -0.2) is 4.79 Å². The Bertz CT molecular complexity index is 569. The normalized spacial score (nSPS) is 16.3. The molecular formula is C15H17NO5. The third kappa shape index (κ3) is 3.04. The van der Waals surface area contributed by atoms with E-state index in [0.29, 0.717) is 12.1 Å². The van der Waals surface area contributed by atoms with Gasteiger partial charge in [-0.1, -0.05) is 18.2 Å². The molecule has 1 unspecified atom stereocenters. The number of methoxy groups -OCH3 is 1. The van der Waals surface area contributed by atoms with Gasteiger partial charge in [0.1, 0.15) is 0 Å². The highest BCUT2D eigenvalue weighted by atomic mass is 16.5. The molecule has 21 heavy (non-hydrogen) atoms. The zero-order chi connectivity index (χ0) is 15.4. The summed E-state index contributed by atoms with van der Waals surface area (Å²) in [6.45, 7) is 1.76. The minimum Gasteiger partial charge on any atom is -0.469 e. The van der Waals surface area contributed by atoms with Crippen molar-refractivity contribution in [3.05, 3.63) is 29.8 Å². The molecule has 1 aromatic carbocycles. The monoisotopic (exact) mass is 291 g/mol. The van der Waals surface area contributed by atoms with Crippen molar-refractivity contribution in [3.8, 4) is 0 Å². The molecule has 1 heterocycles. The number of esters is 2. The van der Waals surface area contributed by atoms with E-state index in [1.54, 1.807) is 19.1 Å². The smallest absolute Gasteiger partial charge is 0.397 e. The number of ether oxygens (including phenoxy) is 2. The Balaban J connectivity index is 2.29. The number of fused-ring (bicyclic) bond motifs is 1. The van der Waals surface area contributed by atoms with Gasteiger partial charge in [0.05, 0.1) is 26.2 Å². The number of carbonyl (C=O) groups excluding carboxylic acids is 3. The molecule has 1 atom stereocenters. The van der Waals surface area contributed by atoms with E-state index in [0.717, 1.165) is 5.56 Å². The molecule has 0 bridgehead atoms. The summed E-state index contributed by atoms with van der Waals surface area (Å²) < 4.78 is 9.42. The first-order chi connectivity index (χ1) is 10.1. The molecule has 6 nitrogen and oxygen atoms in total. The molecule has 6 heteroatoms. The van der Waals surface area contributed by atoms with Crippen LogP contribution in [0.1, 0.15) is 18.9 Å². The summed E-state index contributed by atoms with van der Waals surface area (Å²) in [7, 11) is 1.29. The van der Waals surface area contributed by atoms with Crippen molar-refractivity contribution >= 4 is 23.5 Å². The SMILES string of the molecule is CCOC(=O)C(=O)N1c2ccccc2CC1CC(=O)OC. The number of hydrogen-bond acceptors (Lipinski definition) is 5. The van der Waals surface area contributed by atoms with Gasteiger partial charge in [-0.3, -0.25) is 14.5 Å². The summed E-state index contributed by atoms with van der Waals surface area (Å²) in [5, 5.41) is 0. The van der Waals surface area contributed by atoms with E-state index in [9.17, 15) is 14.4 Å². The standard InChI is InChI=1S/C15H17NO5/c1-3-21-15(19)14(18)16-11(9-13(17)20-2)8-10-6-4-5-7-12(10)16/h4-7,11H,3,8-9H2,1-2H3. The van der Waals surface area contributed by atoms with Crippen LogP contribution in [0.4, 0.5) is 5.69 Å². The van der Waals surface area contributed by atoms with Gasteiger partial charge in [0, 0.05) is 5.69 Å². The molecule has 0 saturated carbocycles. The lowest BCUT2D eigenvalue weighted by molar-refractivity contribution is -0.153. The van der Waals surface area contributed by atoms with E-state index in [2.05, 4.69) is 4.74 Å². The van der Waals surface area contributed by atoms with Crippen molar-refractivity contribution in [2.75, 3.05) is 18.6 Å². The Morgan fingerprint density at radius 2 is 2.00 bits per heavy atom. The van der Waals surface area contributed by atoms with Crippen LogP contribution in [-0.2, 0) is 30.3 Å². The third-order valence-corrected chi connectivity index (χ3v) is 3.37. The molecule has 0 N–H and O–H groups in total. The fraction of sp³-hybridized carbons (Fsp3) is 0.400. The Morgan fingerprint density at radius 3 is 2.67 bits per heavy atom. The van der Waals surface area contributed by atoms with E-state index in [-0.39, 0.29) is 13.0 Å². The number of benzene rings is 1. The lowest BCUT2D eigenvalue weighted by Gasteiger charge is -2.23. The molecule has 1 amide bonds. The summed E-state index contributed by atoms with van der Waals surface area (Å²) in [4.78, 5) is 36.8. The average Bonchev–Trinajstić information content (AvgIpc) is 2.84. The summed E-state index contributed by atoms with van der Waals surface area (Å²) in [5.41, 5.74) is 1.56. The molecule has 0 spiro atoms. The van der Waals surface area contributed by atoms with Gasteiger partial charge in [0.15, 0.2) is 0 Å². The predicted molar refractivity (Wildman–Crippen MR) is 74.7 cm³/mol. The van der Waals surface area contributed by atoms with E-state index in [4.69, 9.17) is 4.74 Å². The molecular weight excluding hydrogens is 274 g/mol. The fourth-order valence-electron chi connectivity index (χ4n) is 2.47. The van der Waals surface area contributed by atoms with Crippen molar-refractivity contribution in [3.63, 3.8) is 0 Å². The second kappa shape index (κ2) is 6.39. The van der Waals surface area contributed by atoms with E-state index < -0.39 is 23.9 Å². The second-order valence-electron chi connectivity index (χ2n) is 4.66. The molecule has 1 aromatic rings. The minimum atomic E-state index is -0.913. The van der Waals surface area contributed by atoms with Crippen LogP contribution in [0.5, 0.6) is 0 Å². The number of rotatable bonds is 3. The van der Waals surface area contributed by atoms with E-state index in [1.807, 2.05) is 12.1 Å². The van der Waals surface area contributed by atoms with Crippen molar-refractivity contribution in [2.45, 2.75) is 25.8 Å². The van der Waals surface area contributed by atoms with Crippen LogP contribution in [0.3, 0.4) is 0 Å². The van der Waals surface area contributed by atoms with Gasteiger partial charge in [-0.15, -0.1) is 0 Å². The molecule has 112 valence electrons. The highest BCUT2D eigenvalue weighted by molar-refractivity contribution is 6.38. The first kappa shape index (κ1) is 15.0. The van der Waals surface area contributed by atoms with Crippen LogP contribution in [0, 0.1) is 0 Å². The summed E-state index contributed by atoms with van der Waals surface area (Å²) in [6.07, 6.45) is 0.548. The lowest BCUT2D eigenvalue weighted by Crippen LogP contribution is -2.43. The van der Waals surface area contributed by atoms with Crippen molar-refractivity contribution in [1.82, 2.24) is 0 Å². The number of para-hydroxylation sites is 1. The number of anilines is 1. The zero-order valence-corrected chi connectivity index (χ0v) is 12.0. The Hall–Kier alpha value is -2.37. The first-order valence-electron chi connectivity index (χ1n) is 6.73. The minimum absolute atomic E-state index is 0.0380. The quantitative estimate of drug-likeness (QED) is 0.615. The van der Waals surface area contributed by atoms with E-state index in [1.165, 1.54) is 12.0 Å². The van der Waals surface area contributed by atoms with Crippen molar-refractivity contribution in [2.24, 2.45) is 0 Å². The maximum Gasteiger partial charge on any atom is 0.397 e. The summed E-state index contributed by atoms with van der Waals surface area (Å²) in [5.74, 6) is -2.09. The first-order valence-corrected chi connectivity index (χ1v) is 6.73. The van der Waals surface area contributed by atoms with Gasteiger partial charge in [-0.05, 0) is 25.0 Å². The number of hydrogen-bond donors (Lipinski definition) is 0. The highest BCUT2D eigenvalue weighted by Crippen LogP contribution is 2.33. The van der Waals surface area contributed by atoms with Crippen molar-refractivity contribution < 1.29 is 23.9 Å². The Labute approximate surface area is 122 Å². The Kier molecular flexibility index (Phi) is 4.57. The largest absolute Gasteiger partial charge is 0.469 e. The van der Waals surface area contributed by atoms with Crippen LogP contribution >= 0.6 is 0 Å². The molecule has 0 fully saturated rings. The van der Waals surface area contributed by atoms with Gasteiger partial charge in [0.2, 0.25) is 0 Å². The van der Waals surface area contributed by atoms with Gasteiger partial charge in [0.25, 0.3) is 0 Å². The lowest BCUT2D eigenvalue weighted by atomic mass is 10.1. The third-order valence-electron chi connectivity index (χ3n) is 3.37. The van der Waals surface area contributed by atoms with Gasteiger partial charge < -0.3 is 9.47 Å². The van der Waals surface area contributed by atoms with Crippen LogP contribution in [0.15, 0.2) is 24.3 Å². The Morgan fingerprint density at radius 1 is 1.29 bits per heavy atom. The summed E-state index contributed by atoms with van der Waals surface area (Å²) in [6, 6.07) is 6.84. The van der Waals surface area contributed by atoms with E-state index >= 15 is 0 Å². The molecule has 1 aliphatic heterocycles. The maximum absolute atomic E-state index is 12.3. The van der Waals surface area contributed by atoms with Crippen LogP contribution in [-0.4, -0.2) is 37.6 Å². The molecule has 2 rings (SSSR count). The topological polar surface area (TPSA) is 72.9 Å². The number of carbonyl (C=O) groups is 3. The number of nitrogens with zero attached hydrogens (tertiary/aromatic N) is 1. The summed E-state index contributed by atoms with van der Waals surface area (Å²) >= 11 is 0. The second-order valence-corrected chi connectivity index (χ2v) is 4.66.